The molecule has 4 nitrogen and oxygen atoms in total. The molecule has 0 aliphatic rings. The molecule has 0 bridgehead atoms. The quantitative estimate of drug-likeness (QED) is 0.733. The Morgan fingerprint density at radius 1 is 1.83 bits per heavy atom. The minimum atomic E-state index is -0.838. The normalized spacial score (nSPS) is 15.9. The molecule has 0 saturated carbocycles. The Bertz CT molecular complexity index is 288. The monoisotopic (exact) mass is 207 g/mol. The second-order valence-corrected chi connectivity index (χ2v) is 4.70. The maximum absolute atomic E-state index is 11.0. The van der Waals surface area contributed by atoms with Crippen LogP contribution >= 0.6 is 11.6 Å². The van der Waals surface area contributed by atoms with Gasteiger partial charge in [-0.2, -0.15) is 0 Å². The van der Waals surface area contributed by atoms with Gasteiger partial charge in [0, 0.05) is 28.9 Å². The lowest BCUT2D eigenvalue weighted by atomic mass is 10.5. The minimum Gasteiger partial charge on any atom is -0.303 e. The molecule has 0 aliphatic carbocycles. The third kappa shape index (κ3) is 2.28. The van der Waals surface area contributed by atoms with Gasteiger partial charge in [0.1, 0.15) is 6.33 Å². The van der Waals surface area contributed by atoms with E-state index < -0.39 is 10.8 Å². The zero-order valence-electron chi connectivity index (χ0n) is 6.90. The van der Waals surface area contributed by atoms with Crippen LogP contribution < -0.4 is 0 Å². The van der Waals surface area contributed by atoms with E-state index in [4.69, 9.17) is 11.6 Å². The summed E-state index contributed by atoms with van der Waals surface area (Å²) in [5.74, 6) is 0. The van der Waals surface area contributed by atoms with Crippen molar-refractivity contribution in [2.24, 2.45) is 0 Å². The third-order valence-corrected chi connectivity index (χ3v) is 3.16. The van der Waals surface area contributed by atoms with Crippen molar-refractivity contribution in [2.45, 2.75) is 18.7 Å². The van der Waals surface area contributed by atoms with E-state index in [1.54, 1.807) is 10.8 Å². The molecule has 68 valence electrons. The van der Waals surface area contributed by atoms with Gasteiger partial charge in [-0.25, -0.2) is 0 Å². The molecular formula is C6H10ClN3OS. The summed E-state index contributed by atoms with van der Waals surface area (Å²) in [7, 11) is -0.838. The van der Waals surface area contributed by atoms with E-state index >= 15 is 0 Å². The average Bonchev–Trinajstić information content (AvgIpc) is 2.36. The number of hydrogen-bond acceptors (Lipinski definition) is 3. The van der Waals surface area contributed by atoms with E-state index in [2.05, 4.69) is 10.2 Å². The van der Waals surface area contributed by atoms with Gasteiger partial charge >= 0.3 is 0 Å². The highest BCUT2D eigenvalue weighted by atomic mass is 35.5. The summed E-state index contributed by atoms with van der Waals surface area (Å²) in [4.78, 5) is 0. The smallest absolute Gasteiger partial charge is 0.224 e. The van der Waals surface area contributed by atoms with Gasteiger partial charge in [-0.05, 0) is 18.5 Å². The van der Waals surface area contributed by atoms with Crippen molar-refractivity contribution in [3.05, 3.63) is 11.6 Å². The van der Waals surface area contributed by atoms with Crippen molar-refractivity contribution in [3.8, 4) is 0 Å². The maximum Gasteiger partial charge on any atom is 0.224 e. The highest BCUT2D eigenvalue weighted by Gasteiger charge is 2.09. The summed E-state index contributed by atoms with van der Waals surface area (Å²) in [6.45, 7) is 2.49. The fourth-order valence-electron chi connectivity index (χ4n) is 0.745. The van der Waals surface area contributed by atoms with Crippen LogP contribution in [0.5, 0.6) is 0 Å². The number of nitrogens with zero attached hydrogens (tertiary/aromatic N) is 3. The van der Waals surface area contributed by atoms with E-state index in [1.807, 2.05) is 6.92 Å². The molecule has 12 heavy (non-hydrogen) atoms. The standard InChI is InChI=1S/C6H10ClN3OS/c1-5(12(2)11)3-10-4-8-9-6(10)7/h4-5H,3H2,1-2H3. The Morgan fingerprint density at radius 3 is 2.92 bits per heavy atom. The SMILES string of the molecule is CC(Cn1cnnc1Cl)S(C)=O. The van der Waals surface area contributed by atoms with Crippen molar-refractivity contribution in [1.82, 2.24) is 14.8 Å². The molecule has 0 radical (unpaired) electrons. The topological polar surface area (TPSA) is 47.8 Å². The van der Waals surface area contributed by atoms with Gasteiger partial charge in [0.25, 0.3) is 0 Å². The van der Waals surface area contributed by atoms with Crippen LogP contribution in [0.25, 0.3) is 0 Å². The van der Waals surface area contributed by atoms with Crippen LogP contribution in [0, 0.1) is 0 Å². The van der Waals surface area contributed by atoms with Crippen molar-refractivity contribution >= 4 is 22.4 Å². The summed E-state index contributed by atoms with van der Waals surface area (Å²) < 4.78 is 12.7. The van der Waals surface area contributed by atoms with Gasteiger partial charge in [0.15, 0.2) is 0 Å². The molecule has 1 heterocycles. The molecule has 0 aromatic carbocycles. The van der Waals surface area contributed by atoms with Gasteiger partial charge in [-0.15, -0.1) is 10.2 Å². The first-order valence-electron chi connectivity index (χ1n) is 3.47. The summed E-state index contributed by atoms with van der Waals surface area (Å²) in [6.07, 6.45) is 3.20. The first-order chi connectivity index (χ1) is 5.61. The summed E-state index contributed by atoms with van der Waals surface area (Å²) in [5, 5.41) is 7.63. The molecule has 1 aromatic rings. The lowest BCUT2D eigenvalue weighted by Crippen LogP contribution is -2.16. The Hall–Kier alpha value is -0.420. The van der Waals surface area contributed by atoms with Gasteiger partial charge in [0.05, 0.1) is 0 Å². The second-order valence-electron chi connectivity index (χ2n) is 2.56. The van der Waals surface area contributed by atoms with Crippen LogP contribution in [-0.4, -0.2) is 30.5 Å². The van der Waals surface area contributed by atoms with Gasteiger partial charge in [-0.1, -0.05) is 0 Å². The predicted molar refractivity (Wildman–Crippen MR) is 48.6 cm³/mol. The fourth-order valence-corrected chi connectivity index (χ4v) is 1.27. The Morgan fingerprint density at radius 2 is 2.50 bits per heavy atom. The van der Waals surface area contributed by atoms with Gasteiger partial charge in [0.2, 0.25) is 5.28 Å². The highest BCUT2D eigenvalue weighted by Crippen LogP contribution is 2.05. The average molecular weight is 208 g/mol. The lowest BCUT2D eigenvalue weighted by Gasteiger charge is -2.08. The molecule has 1 aromatic heterocycles. The summed E-state index contributed by atoms with van der Waals surface area (Å²) >= 11 is 5.68. The molecule has 0 amide bonds. The van der Waals surface area contributed by atoms with E-state index in [0.29, 0.717) is 11.8 Å². The van der Waals surface area contributed by atoms with Crippen molar-refractivity contribution in [3.63, 3.8) is 0 Å². The summed E-state index contributed by atoms with van der Waals surface area (Å²) in [6, 6.07) is 0. The number of aromatic nitrogens is 3. The highest BCUT2D eigenvalue weighted by molar-refractivity contribution is 7.84. The predicted octanol–water partition coefficient (Wildman–Crippen LogP) is 0.698. The largest absolute Gasteiger partial charge is 0.303 e. The van der Waals surface area contributed by atoms with Crippen molar-refractivity contribution in [1.29, 1.82) is 0 Å². The van der Waals surface area contributed by atoms with Crippen molar-refractivity contribution in [2.75, 3.05) is 6.26 Å². The zero-order valence-corrected chi connectivity index (χ0v) is 8.47. The molecule has 1 rings (SSSR count). The molecule has 0 saturated heterocycles. The molecule has 0 fully saturated rings. The second kappa shape index (κ2) is 4.00. The molecular weight excluding hydrogens is 198 g/mol. The molecule has 0 aliphatic heterocycles. The van der Waals surface area contributed by atoms with Crippen LogP contribution in [0.1, 0.15) is 6.92 Å². The van der Waals surface area contributed by atoms with E-state index in [1.165, 1.54) is 6.33 Å². The number of hydrogen-bond donors (Lipinski definition) is 0. The van der Waals surface area contributed by atoms with Crippen LogP contribution in [-0.2, 0) is 17.3 Å². The molecule has 2 unspecified atom stereocenters. The molecule has 2 atom stereocenters. The Kier molecular flexibility index (Phi) is 3.22. The van der Waals surface area contributed by atoms with Crippen LogP contribution in [0.2, 0.25) is 5.28 Å². The molecule has 0 N–H and O–H groups in total. The number of rotatable bonds is 3. The first-order valence-corrected chi connectivity index (χ1v) is 5.46. The maximum atomic E-state index is 11.0. The van der Waals surface area contributed by atoms with E-state index in [0.717, 1.165) is 0 Å². The minimum absolute atomic E-state index is 0.0681. The van der Waals surface area contributed by atoms with E-state index in [9.17, 15) is 4.21 Å². The Labute approximate surface area is 78.4 Å². The molecule has 6 heteroatoms. The van der Waals surface area contributed by atoms with Crippen LogP contribution in [0.3, 0.4) is 0 Å². The van der Waals surface area contributed by atoms with Gasteiger partial charge in [-0.3, -0.25) is 4.21 Å². The van der Waals surface area contributed by atoms with Crippen LogP contribution in [0.4, 0.5) is 0 Å². The van der Waals surface area contributed by atoms with Gasteiger partial charge < -0.3 is 4.57 Å². The fraction of sp³-hybridized carbons (Fsp3) is 0.667. The van der Waals surface area contributed by atoms with E-state index in [-0.39, 0.29) is 5.25 Å². The molecule has 0 spiro atoms. The number of halogens is 1. The Balaban J connectivity index is 2.64. The third-order valence-electron chi connectivity index (χ3n) is 1.59. The lowest BCUT2D eigenvalue weighted by molar-refractivity contribution is 0.642. The van der Waals surface area contributed by atoms with Crippen LogP contribution in [0.15, 0.2) is 6.33 Å². The van der Waals surface area contributed by atoms with Crippen molar-refractivity contribution < 1.29 is 4.21 Å². The summed E-state index contributed by atoms with van der Waals surface area (Å²) in [5.41, 5.74) is 0. The first kappa shape index (κ1) is 9.67. The zero-order chi connectivity index (χ0) is 9.14.